The highest BCUT2D eigenvalue weighted by Gasteiger charge is 2.30. The molecule has 1 atom stereocenters. The fourth-order valence-electron chi connectivity index (χ4n) is 1.24. The van der Waals surface area contributed by atoms with Crippen molar-refractivity contribution in [2.75, 3.05) is 6.61 Å². The molecule has 92 valence electrons. The van der Waals surface area contributed by atoms with Crippen molar-refractivity contribution >= 4 is 11.8 Å². The molecule has 0 spiro atoms. The van der Waals surface area contributed by atoms with Gasteiger partial charge in [0.2, 0.25) is 5.91 Å². The molecule has 0 aromatic carbocycles. The van der Waals surface area contributed by atoms with E-state index in [1.165, 1.54) is 0 Å². The first kappa shape index (κ1) is 14.8. The van der Waals surface area contributed by atoms with E-state index in [4.69, 9.17) is 4.74 Å². The van der Waals surface area contributed by atoms with Crippen molar-refractivity contribution in [3.05, 3.63) is 12.7 Å². The predicted octanol–water partition coefficient (Wildman–Crippen LogP) is 1.80. The zero-order valence-corrected chi connectivity index (χ0v) is 10.1. The van der Waals surface area contributed by atoms with Crippen LogP contribution in [0.25, 0.3) is 0 Å². The molecule has 1 rings (SSSR count). The minimum absolute atomic E-state index is 0.185. The quantitative estimate of drug-likeness (QED) is 0.442. The smallest absolute Gasteiger partial charge is 0.256 e. The van der Waals surface area contributed by atoms with Gasteiger partial charge in [-0.3, -0.25) is 14.9 Å². The van der Waals surface area contributed by atoms with Gasteiger partial charge in [-0.1, -0.05) is 25.8 Å². The molecule has 0 bridgehead atoms. The summed E-state index contributed by atoms with van der Waals surface area (Å²) in [4.78, 5) is 21.7. The zero-order valence-electron chi connectivity index (χ0n) is 10.1. The molecule has 0 aromatic heterocycles. The van der Waals surface area contributed by atoms with Crippen LogP contribution in [0, 0.1) is 0 Å². The summed E-state index contributed by atoms with van der Waals surface area (Å²) in [7, 11) is 0. The van der Waals surface area contributed by atoms with E-state index in [2.05, 4.69) is 18.8 Å². The molecule has 1 N–H and O–H groups in total. The molecule has 2 amide bonds. The monoisotopic (exact) mass is 227 g/mol. The maximum Gasteiger partial charge on any atom is 0.256 e. The minimum atomic E-state index is -0.538. The number of nitrogens with one attached hydrogen (secondary N) is 1. The van der Waals surface area contributed by atoms with E-state index in [-0.39, 0.29) is 18.2 Å². The van der Waals surface area contributed by atoms with Gasteiger partial charge in [-0.15, -0.1) is 6.58 Å². The minimum Gasteiger partial charge on any atom is -0.368 e. The van der Waals surface area contributed by atoms with Gasteiger partial charge in [-0.25, -0.2) is 0 Å². The third-order valence-electron chi connectivity index (χ3n) is 1.99. The molecule has 0 aliphatic carbocycles. The van der Waals surface area contributed by atoms with Crippen LogP contribution in [0.1, 0.15) is 39.5 Å². The highest BCUT2D eigenvalue weighted by molar-refractivity contribution is 6.04. The summed E-state index contributed by atoms with van der Waals surface area (Å²) in [6.45, 7) is 7.92. The molecule has 0 saturated carbocycles. The standard InChI is InChI=1S/C9H15NO3.C3H6/c1-2-3-4-5-13-7-6-8(11)10-9(7)12;1-3-2/h7H,2-6H2,1H3,(H,10,11,12);3H,1H2,2H3. The van der Waals surface area contributed by atoms with Crippen LogP contribution in [0.4, 0.5) is 0 Å². The Morgan fingerprint density at radius 2 is 2.12 bits per heavy atom. The van der Waals surface area contributed by atoms with Crippen molar-refractivity contribution < 1.29 is 14.3 Å². The second-order valence-electron chi connectivity index (χ2n) is 3.59. The summed E-state index contributed by atoms with van der Waals surface area (Å²) in [5.41, 5.74) is 0. The summed E-state index contributed by atoms with van der Waals surface area (Å²) in [5, 5.41) is 2.20. The number of amides is 2. The molecule has 1 aliphatic rings. The lowest BCUT2D eigenvalue weighted by atomic mass is 10.2. The van der Waals surface area contributed by atoms with Crippen LogP contribution in [0.5, 0.6) is 0 Å². The van der Waals surface area contributed by atoms with E-state index in [9.17, 15) is 9.59 Å². The van der Waals surface area contributed by atoms with Crippen LogP contribution < -0.4 is 5.32 Å². The Morgan fingerprint density at radius 1 is 1.50 bits per heavy atom. The number of carbonyl (C=O) groups is 2. The summed E-state index contributed by atoms with van der Waals surface area (Å²) in [5.74, 6) is -0.521. The average molecular weight is 227 g/mol. The Kier molecular flexibility index (Phi) is 8.43. The highest BCUT2D eigenvalue weighted by atomic mass is 16.5. The van der Waals surface area contributed by atoms with Gasteiger partial charge in [0.05, 0.1) is 6.42 Å². The lowest BCUT2D eigenvalue weighted by Crippen LogP contribution is -2.26. The number of imide groups is 1. The van der Waals surface area contributed by atoms with Crippen LogP contribution in [-0.2, 0) is 14.3 Å². The first-order chi connectivity index (χ1) is 7.65. The Labute approximate surface area is 97.1 Å². The van der Waals surface area contributed by atoms with Crippen LogP contribution in [0.3, 0.4) is 0 Å². The number of hydrogen-bond acceptors (Lipinski definition) is 3. The van der Waals surface area contributed by atoms with E-state index in [0.717, 1.165) is 19.3 Å². The number of carbonyl (C=O) groups excluding carboxylic acids is 2. The average Bonchev–Trinajstić information content (AvgIpc) is 2.54. The molecule has 1 aliphatic heterocycles. The predicted molar refractivity (Wildman–Crippen MR) is 62.9 cm³/mol. The zero-order chi connectivity index (χ0) is 12.4. The van der Waals surface area contributed by atoms with Gasteiger partial charge in [0.1, 0.15) is 6.10 Å². The van der Waals surface area contributed by atoms with Gasteiger partial charge in [0.15, 0.2) is 0 Å². The molecule has 1 heterocycles. The first-order valence-electron chi connectivity index (χ1n) is 5.68. The van der Waals surface area contributed by atoms with Gasteiger partial charge in [-0.2, -0.15) is 0 Å². The molecule has 1 fully saturated rings. The summed E-state index contributed by atoms with van der Waals surface area (Å²) in [6, 6.07) is 0. The van der Waals surface area contributed by atoms with Crippen LogP contribution >= 0.6 is 0 Å². The van der Waals surface area contributed by atoms with Crippen molar-refractivity contribution in [1.82, 2.24) is 5.32 Å². The SMILES string of the molecule is C=CC.CCCCCOC1CC(=O)NC1=O. The van der Waals surface area contributed by atoms with Crippen molar-refractivity contribution in [3.8, 4) is 0 Å². The van der Waals surface area contributed by atoms with Gasteiger partial charge in [0.25, 0.3) is 5.91 Å². The van der Waals surface area contributed by atoms with E-state index < -0.39 is 6.10 Å². The highest BCUT2D eigenvalue weighted by Crippen LogP contribution is 2.07. The molecule has 4 nitrogen and oxygen atoms in total. The molecule has 16 heavy (non-hydrogen) atoms. The van der Waals surface area contributed by atoms with E-state index in [0.29, 0.717) is 6.61 Å². The maximum absolute atomic E-state index is 11.0. The summed E-state index contributed by atoms with van der Waals surface area (Å²) >= 11 is 0. The Morgan fingerprint density at radius 3 is 2.56 bits per heavy atom. The molecular weight excluding hydrogens is 206 g/mol. The molecule has 1 unspecified atom stereocenters. The van der Waals surface area contributed by atoms with Gasteiger partial charge >= 0.3 is 0 Å². The maximum atomic E-state index is 11.0. The number of unbranched alkanes of at least 4 members (excludes halogenated alkanes) is 2. The van der Waals surface area contributed by atoms with Gasteiger partial charge in [-0.05, 0) is 13.3 Å². The second kappa shape index (κ2) is 9.09. The van der Waals surface area contributed by atoms with Crippen LogP contribution in [-0.4, -0.2) is 24.5 Å². The fraction of sp³-hybridized carbons (Fsp3) is 0.667. The van der Waals surface area contributed by atoms with E-state index in [1.54, 1.807) is 6.08 Å². The lowest BCUT2D eigenvalue weighted by Gasteiger charge is -2.06. The van der Waals surface area contributed by atoms with E-state index >= 15 is 0 Å². The summed E-state index contributed by atoms with van der Waals surface area (Å²) in [6.07, 6.45) is 4.57. The molecule has 0 aromatic rings. The molecule has 1 saturated heterocycles. The van der Waals surface area contributed by atoms with Gasteiger partial charge in [0, 0.05) is 6.61 Å². The van der Waals surface area contributed by atoms with Crippen molar-refractivity contribution in [2.45, 2.75) is 45.6 Å². The number of ether oxygens (including phenoxy) is 1. The Balaban J connectivity index is 0.000000673. The van der Waals surface area contributed by atoms with Gasteiger partial charge < -0.3 is 4.74 Å². The Bertz CT molecular complexity index is 238. The van der Waals surface area contributed by atoms with Crippen molar-refractivity contribution in [2.24, 2.45) is 0 Å². The second-order valence-corrected chi connectivity index (χ2v) is 3.59. The first-order valence-corrected chi connectivity index (χ1v) is 5.68. The third kappa shape index (κ3) is 6.35. The number of allylic oxidation sites excluding steroid dienone is 1. The number of hydrogen-bond donors (Lipinski definition) is 1. The summed E-state index contributed by atoms with van der Waals surface area (Å²) < 4.78 is 5.25. The van der Waals surface area contributed by atoms with Crippen molar-refractivity contribution in [1.29, 1.82) is 0 Å². The molecule has 4 heteroatoms. The van der Waals surface area contributed by atoms with Crippen LogP contribution in [0.15, 0.2) is 12.7 Å². The molecular formula is C12H21NO3. The van der Waals surface area contributed by atoms with Crippen LogP contribution in [0.2, 0.25) is 0 Å². The third-order valence-corrected chi connectivity index (χ3v) is 1.99. The van der Waals surface area contributed by atoms with Crippen molar-refractivity contribution in [3.63, 3.8) is 0 Å². The Hall–Kier alpha value is -1.16. The number of rotatable bonds is 5. The van der Waals surface area contributed by atoms with E-state index in [1.807, 2.05) is 6.92 Å². The fourth-order valence-corrected chi connectivity index (χ4v) is 1.24. The normalized spacial score (nSPS) is 18.8. The largest absolute Gasteiger partial charge is 0.368 e. The lowest BCUT2D eigenvalue weighted by molar-refractivity contribution is -0.129. The molecule has 0 radical (unpaired) electrons. The topological polar surface area (TPSA) is 55.4 Å².